The lowest BCUT2D eigenvalue weighted by molar-refractivity contribution is 0.187. The molecule has 1 saturated heterocycles. The van der Waals surface area contributed by atoms with E-state index in [2.05, 4.69) is 13.8 Å². The maximum atomic E-state index is 13.4. The lowest BCUT2D eigenvalue weighted by atomic mass is 9.85. The zero-order valence-corrected chi connectivity index (χ0v) is 12.9. The van der Waals surface area contributed by atoms with Crippen LogP contribution in [0.4, 0.5) is 10.1 Å². The number of rotatable bonds is 2. The second-order valence-electron chi connectivity index (χ2n) is 6.25. The summed E-state index contributed by atoms with van der Waals surface area (Å²) < 4.78 is 40.3. The molecule has 20 heavy (non-hydrogen) atoms. The fraction of sp³-hybridized carbons (Fsp3) is 0.571. The summed E-state index contributed by atoms with van der Waals surface area (Å²) in [5.74, 6) is -0.583. The third kappa shape index (κ3) is 2.81. The number of anilines is 1. The predicted octanol–water partition coefficient (Wildman–Crippen LogP) is 2.53. The van der Waals surface area contributed by atoms with Crippen LogP contribution < -0.4 is 5.73 Å². The molecule has 1 fully saturated rings. The first-order valence-corrected chi connectivity index (χ1v) is 8.13. The molecule has 112 valence electrons. The van der Waals surface area contributed by atoms with Crippen molar-refractivity contribution in [1.82, 2.24) is 4.31 Å². The van der Waals surface area contributed by atoms with Crippen LogP contribution in [0, 0.1) is 18.2 Å². The number of halogens is 1. The fourth-order valence-corrected chi connectivity index (χ4v) is 4.57. The van der Waals surface area contributed by atoms with Gasteiger partial charge in [0.25, 0.3) is 0 Å². The van der Waals surface area contributed by atoms with Crippen LogP contribution in [0.2, 0.25) is 0 Å². The van der Waals surface area contributed by atoms with Gasteiger partial charge in [-0.15, -0.1) is 0 Å². The van der Waals surface area contributed by atoms with Crippen molar-refractivity contribution in [2.75, 3.05) is 18.8 Å². The van der Waals surface area contributed by atoms with Crippen LogP contribution in [-0.2, 0) is 10.0 Å². The Kier molecular flexibility index (Phi) is 3.81. The van der Waals surface area contributed by atoms with Gasteiger partial charge in [-0.1, -0.05) is 13.8 Å². The van der Waals surface area contributed by atoms with E-state index in [4.69, 9.17) is 5.73 Å². The molecule has 1 heterocycles. The van der Waals surface area contributed by atoms with Crippen LogP contribution >= 0.6 is 0 Å². The first-order chi connectivity index (χ1) is 9.13. The van der Waals surface area contributed by atoms with E-state index in [-0.39, 0.29) is 16.0 Å². The van der Waals surface area contributed by atoms with Gasteiger partial charge in [0.2, 0.25) is 10.0 Å². The van der Waals surface area contributed by atoms with Gasteiger partial charge in [-0.2, -0.15) is 4.31 Å². The van der Waals surface area contributed by atoms with Crippen molar-refractivity contribution in [3.63, 3.8) is 0 Å². The maximum Gasteiger partial charge on any atom is 0.243 e. The number of piperidine rings is 1. The minimum Gasteiger partial charge on any atom is -0.396 e. The van der Waals surface area contributed by atoms with E-state index in [0.717, 1.165) is 12.8 Å². The molecule has 1 aliphatic rings. The molecule has 0 atom stereocenters. The predicted molar refractivity (Wildman–Crippen MR) is 77.3 cm³/mol. The molecule has 0 saturated carbocycles. The molecule has 2 rings (SSSR count). The van der Waals surface area contributed by atoms with Crippen molar-refractivity contribution < 1.29 is 12.8 Å². The largest absolute Gasteiger partial charge is 0.396 e. The van der Waals surface area contributed by atoms with Crippen molar-refractivity contribution in [1.29, 1.82) is 0 Å². The fourth-order valence-electron chi connectivity index (χ4n) is 2.66. The molecular formula is C14H21FN2O2S. The van der Waals surface area contributed by atoms with E-state index in [0.29, 0.717) is 18.7 Å². The molecule has 0 spiro atoms. The first kappa shape index (κ1) is 15.3. The Balaban J connectivity index is 2.43. The molecular weight excluding hydrogens is 279 g/mol. The molecule has 1 aliphatic heterocycles. The topological polar surface area (TPSA) is 63.4 Å². The highest BCUT2D eigenvalue weighted by Gasteiger charge is 2.35. The smallest absolute Gasteiger partial charge is 0.243 e. The Morgan fingerprint density at radius 1 is 1.35 bits per heavy atom. The number of hydrogen-bond donors (Lipinski definition) is 1. The second-order valence-corrected chi connectivity index (χ2v) is 8.15. The van der Waals surface area contributed by atoms with Gasteiger partial charge in [-0.05, 0) is 42.9 Å². The zero-order chi connectivity index (χ0) is 15.1. The lowest BCUT2D eigenvalue weighted by Crippen LogP contribution is -2.43. The Labute approximate surface area is 119 Å². The molecule has 0 aliphatic carbocycles. The highest BCUT2D eigenvalue weighted by atomic mass is 32.2. The average Bonchev–Trinajstić information content (AvgIpc) is 2.32. The normalized spacial score (nSPS) is 20.0. The quantitative estimate of drug-likeness (QED) is 0.854. The van der Waals surface area contributed by atoms with Gasteiger partial charge in [-0.25, -0.2) is 12.8 Å². The maximum absolute atomic E-state index is 13.4. The second kappa shape index (κ2) is 5.00. The number of sulfonamides is 1. The first-order valence-electron chi connectivity index (χ1n) is 6.69. The van der Waals surface area contributed by atoms with Gasteiger partial charge in [0.1, 0.15) is 5.82 Å². The Bertz CT molecular complexity index is 626. The summed E-state index contributed by atoms with van der Waals surface area (Å²) in [6.45, 7) is 6.68. The van der Waals surface area contributed by atoms with Crippen LogP contribution in [0.15, 0.2) is 17.0 Å². The van der Waals surface area contributed by atoms with Crippen LogP contribution in [-0.4, -0.2) is 25.8 Å². The third-order valence-electron chi connectivity index (χ3n) is 3.78. The Morgan fingerprint density at radius 3 is 2.60 bits per heavy atom. The SMILES string of the molecule is Cc1cc(F)c(N)cc1S(=O)(=O)N1CCCC(C)(C)C1. The van der Waals surface area contributed by atoms with Crippen molar-refractivity contribution in [3.8, 4) is 0 Å². The van der Waals surface area contributed by atoms with Crippen LogP contribution in [0.5, 0.6) is 0 Å². The van der Waals surface area contributed by atoms with Crippen LogP contribution in [0.25, 0.3) is 0 Å². The van der Waals surface area contributed by atoms with Crippen LogP contribution in [0.3, 0.4) is 0 Å². The summed E-state index contributed by atoms with van der Waals surface area (Å²) in [5.41, 5.74) is 5.73. The lowest BCUT2D eigenvalue weighted by Gasteiger charge is -2.37. The van der Waals surface area contributed by atoms with Crippen molar-refractivity contribution in [3.05, 3.63) is 23.5 Å². The van der Waals surface area contributed by atoms with E-state index < -0.39 is 15.8 Å². The van der Waals surface area contributed by atoms with Gasteiger partial charge < -0.3 is 5.73 Å². The molecule has 0 amide bonds. The van der Waals surface area contributed by atoms with E-state index in [1.165, 1.54) is 16.4 Å². The summed E-state index contributed by atoms with van der Waals surface area (Å²) >= 11 is 0. The summed E-state index contributed by atoms with van der Waals surface area (Å²) in [7, 11) is -3.62. The number of aryl methyl sites for hydroxylation is 1. The molecule has 4 nitrogen and oxygen atoms in total. The molecule has 0 aromatic heterocycles. The zero-order valence-electron chi connectivity index (χ0n) is 12.1. The summed E-state index contributed by atoms with van der Waals surface area (Å²) in [4.78, 5) is 0.106. The molecule has 1 aromatic carbocycles. The summed E-state index contributed by atoms with van der Waals surface area (Å²) in [5, 5.41) is 0. The van der Waals surface area contributed by atoms with Gasteiger partial charge in [0, 0.05) is 13.1 Å². The molecule has 0 unspecified atom stereocenters. The van der Waals surface area contributed by atoms with Crippen molar-refractivity contribution in [2.24, 2.45) is 5.41 Å². The molecule has 6 heteroatoms. The van der Waals surface area contributed by atoms with Gasteiger partial charge >= 0.3 is 0 Å². The standard InChI is InChI=1S/C14H21FN2O2S/c1-10-7-11(15)12(16)8-13(10)20(18,19)17-6-4-5-14(2,3)9-17/h7-8H,4-6,9,16H2,1-3H3. The molecule has 1 aromatic rings. The Hall–Kier alpha value is -1.14. The van der Waals surface area contributed by atoms with E-state index >= 15 is 0 Å². The number of nitrogens with zero attached hydrogens (tertiary/aromatic N) is 1. The summed E-state index contributed by atoms with van der Waals surface area (Å²) in [6, 6.07) is 2.40. The average molecular weight is 300 g/mol. The van der Waals surface area contributed by atoms with Crippen molar-refractivity contribution >= 4 is 15.7 Å². The van der Waals surface area contributed by atoms with Crippen LogP contribution in [0.1, 0.15) is 32.3 Å². The number of hydrogen-bond acceptors (Lipinski definition) is 3. The number of nitrogen functional groups attached to an aromatic ring is 1. The van der Waals surface area contributed by atoms with Crippen molar-refractivity contribution in [2.45, 2.75) is 38.5 Å². The number of benzene rings is 1. The molecule has 0 bridgehead atoms. The minimum atomic E-state index is -3.62. The number of nitrogens with two attached hydrogens (primary N) is 1. The van der Waals surface area contributed by atoms with Gasteiger partial charge in [0.05, 0.1) is 10.6 Å². The summed E-state index contributed by atoms with van der Waals surface area (Å²) in [6.07, 6.45) is 1.84. The highest BCUT2D eigenvalue weighted by molar-refractivity contribution is 7.89. The third-order valence-corrected chi connectivity index (χ3v) is 5.76. The molecule has 0 radical (unpaired) electrons. The Morgan fingerprint density at radius 2 is 2.00 bits per heavy atom. The van der Waals surface area contributed by atoms with Gasteiger partial charge in [-0.3, -0.25) is 0 Å². The van der Waals surface area contributed by atoms with E-state index in [1.54, 1.807) is 6.92 Å². The minimum absolute atomic E-state index is 0.0369. The van der Waals surface area contributed by atoms with E-state index in [9.17, 15) is 12.8 Å². The molecule has 2 N–H and O–H groups in total. The van der Waals surface area contributed by atoms with E-state index in [1.807, 2.05) is 0 Å². The van der Waals surface area contributed by atoms with Gasteiger partial charge in [0.15, 0.2) is 0 Å². The highest BCUT2D eigenvalue weighted by Crippen LogP contribution is 2.33. The monoisotopic (exact) mass is 300 g/mol.